The number of nitrogens with one attached hydrogen (secondary N) is 1. The molecule has 0 atom stereocenters. The lowest BCUT2D eigenvalue weighted by Gasteiger charge is -2.18. The molecule has 1 aliphatic rings. The van der Waals surface area contributed by atoms with Gasteiger partial charge in [0.05, 0.1) is 10.6 Å². The van der Waals surface area contributed by atoms with E-state index in [4.69, 9.17) is 0 Å². The fourth-order valence-electron chi connectivity index (χ4n) is 1.22. The number of fused-ring (bicyclic) bond motifs is 1. The lowest BCUT2D eigenvalue weighted by molar-refractivity contribution is -0.112. The van der Waals surface area contributed by atoms with Gasteiger partial charge in [-0.1, -0.05) is 39.8 Å². The summed E-state index contributed by atoms with van der Waals surface area (Å²) in [6.07, 6.45) is 0. The first-order valence-corrected chi connectivity index (χ1v) is 5.74. The Kier molecular flexibility index (Phi) is 2.65. The number of rotatable bonds is 0. The van der Waals surface area contributed by atoms with Crippen molar-refractivity contribution in [3.8, 4) is 0 Å². The van der Waals surface area contributed by atoms with E-state index in [0.717, 1.165) is 20.0 Å². The minimum absolute atomic E-state index is 0.0388. The van der Waals surface area contributed by atoms with E-state index in [1.54, 1.807) is 0 Å². The number of benzene rings is 1. The van der Waals surface area contributed by atoms with Gasteiger partial charge in [0, 0.05) is 9.38 Å². The Hall–Kier alpha value is -0.740. The van der Waals surface area contributed by atoms with Crippen molar-refractivity contribution in [2.75, 3.05) is 5.32 Å². The number of para-hydroxylation sites is 1. The second kappa shape index (κ2) is 3.79. The smallest absolute Gasteiger partial charge is 0.263 e. The Labute approximate surface area is 94.9 Å². The van der Waals surface area contributed by atoms with Crippen LogP contribution in [0.2, 0.25) is 0 Å². The third kappa shape index (κ3) is 1.72. The van der Waals surface area contributed by atoms with Gasteiger partial charge in [-0.15, -0.1) is 0 Å². The van der Waals surface area contributed by atoms with Crippen molar-refractivity contribution in [1.29, 1.82) is 0 Å². The summed E-state index contributed by atoms with van der Waals surface area (Å²) >= 11 is 4.82. The van der Waals surface area contributed by atoms with Crippen LogP contribution in [0.25, 0.3) is 0 Å². The Morgan fingerprint density at radius 3 is 2.86 bits per heavy atom. The molecule has 0 aliphatic carbocycles. The zero-order valence-corrected chi connectivity index (χ0v) is 9.91. The number of anilines is 1. The fraction of sp³-hybridized carbons (Fsp3) is 0.100. The molecule has 0 aromatic heterocycles. The Morgan fingerprint density at radius 2 is 2.14 bits per heavy atom. The first-order chi connectivity index (χ1) is 6.68. The average Bonchev–Trinajstić information content (AvgIpc) is 2.16. The number of halogens is 1. The van der Waals surface area contributed by atoms with Crippen LogP contribution in [0, 0.1) is 0 Å². The summed E-state index contributed by atoms with van der Waals surface area (Å²) < 4.78 is 0.870. The molecule has 0 spiro atoms. The van der Waals surface area contributed by atoms with Gasteiger partial charge in [0.25, 0.3) is 5.91 Å². The summed E-state index contributed by atoms with van der Waals surface area (Å²) in [5, 5.41) is 2.84. The minimum Gasteiger partial charge on any atom is -0.320 e. The van der Waals surface area contributed by atoms with E-state index in [2.05, 4.69) is 21.2 Å². The Bertz CT molecular complexity index is 424. The van der Waals surface area contributed by atoms with Gasteiger partial charge in [0.15, 0.2) is 0 Å². The summed E-state index contributed by atoms with van der Waals surface area (Å²) in [7, 11) is 0. The highest BCUT2D eigenvalue weighted by atomic mass is 79.9. The van der Waals surface area contributed by atoms with E-state index >= 15 is 0 Å². The number of carbonyl (C=O) groups is 1. The lowest BCUT2D eigenvalue weighted by Crippen LogP contribution is -2.17. The van der Waals surface area contributed by atoms with E-state index in [0.29, 0.717) is 0 Å². The molecular formula is C10H8BrNOS. The molecule has 2 nitrogen and oxygen atoms in total. The standard InChI is InChI=1S/C10H8BrNOS/c1-6(11)9-10(13)12-7-4-2-3-5-8(7)14-9/h2-5H,1H3,(H,12,13)/b9-6-. The van der Waals surface area contributed by atoms with Gasteiger partial charge in [0.1, 0.15) is 0 Å². The molecular weight excluding hydrogens is 262 g/mol. The monoisotopic (exact) mass is 269 g/mol. The molecule has 2 rings (SSSR count). The molecule has 14 heavy (non-hydrogen) atoms. The van der Waals surface area contributed by atoms with Crippen molar-refractivity contribution in [2.24, 2.45) is 0 Å². The summed E-state index contributed by atoms with van der Waals surface area (Å²) in [4.78, 5) is 13.4. The molecule has 1 amide bonds. The summed E-state index contributed by atoms with van der Waals surface area (Å²) in [5.74, 6) is -0.0388. The zero-order valence-electron chi connectivity index (χ0n) is 7.50. The van der Waals surface area contributed by atoms with Gasteiger partial charge in [-0.2, -0.15) is 0 Å². The van der Waals surface area contributed by atoms with Crippen LogP contribution >= 0.6 is 27.7 Å². The highest BCUT2D eigenvalue weighted by Crippen LogP contribution is 2.39. The third-order valence-electron chi connectivity index (χ3n) is 1.87. The van der Waals surface area contributed by atoms with Gasteiger partial charge in [-0.05, 0) is 19.1 Å². The van der Waals surface area contributed by atoms with Crippen molar-refractivity contribution in [3.05, 3.63) is 33.7 Å². The fourth-order valence-corrected chi connectivity index (χ4v) is 2.52. The molecule has 0 saturated carbocycles. The quantitative estimate of drug-likeness (QED) is 0.732. The molecule has 72 valence electrons. The van der Waals surface area contributed by atoms with E-state index in [9.17, 15) is 4.79 Å². The maximum atomic E-state index is 11.6. The Balaban J connectivity index is 2.46. The molecule has 0 radical (unpaired) electrons. The van der Waals surface area contributed by atoms with Crippen molar-refractivity contribution < 1.29 is 4.79 Å². The second-order valence-electron chi connectivity index (χ2n) is 2.91. The number of hydrogen-bond donors (Lipinski definition) is 1. The van der Waals surface area contributed by atoms with Gasteiger partial charge < -0.3 is 5.32 Å². The van der Waals surface area contributed by atoms with E-state index in [1.807, 2.05) is 31.2 Å². The van der Waals surface area contributed by atoms with E-state index in [1.165, 1.54) is 11.8 Å². The van der Waals surface area contributed by atoms with Crippen molar-refractivity contribution >= 4 is 39.3 Å². The number of amides is 1. The molecule has 1 N–H and O–H groups in total. The maximum Gasteiger partial charge on any atom is 0.263 e. The molecule has 1 aromatic carbocycles. The first-order valence-electron chi connectivity index (χ1n) is 4.13. The average molecular weight is 270 g/mol. The minimum atomic E-state index is -0.0388. The van der Waals surface area contributed by atoms with Crippen LogP contribution in [0.1, 0.15) is 6.92 Å². The normalized spacial score (nSPS) is 18.6. The summed E-state index contributed by atoms with van der Waals surface area (Å²) in [6, 6.07) is 7.77. The van der Waals surface area contributed by atoms with E-state index < -0.39 is 0 Å². The maximum absolute atomic E-state index is 11.6. The third-order valence-corrected chi connectivity index (χ3v) is 3.80. The first kappa shape index (κ1) is 9.80. The number of carbonyl (C=O) groups excluding carboxylic acids is 1. The highest BCUT2D eigenvalue weighted by Gasteiger charge is 2.21. The molecule has 1 aliphatic heterocycles. The molecule has 4 heteroatoms. The Morgan fingerprint density at radius 1 is 1.43 bits per heavy atom. The SMILES string of the molecule is C/C(Br)=C1/Sc2ccccc2NC1=O. The van der Waals surface area contributed by atoms with Gasteiger partial charge in [-0.25, -0.2) is 0 Å². The van der Waals surface area contributed by atoms with Crippen LogP contribution in [-0.2, 0) is 4.79 Å². The molecule has 0 saturated heterocycles. The molecule has 0 fully saturated rings. The number of thioether (sulfide) groups is 1. The van der Waals surface area contributed by atoms with E-state index in [-0.39, 0.29) is 5.91 Å². The molecule has 1 heterocycles. The van der Waals surface area contributed by atoms with Gasteiger partial charge in [0.2, 0.25) is 0 Å². The molecule has 0 bridgehead atoms. The second-order valence-corrected chi connectivity index (χ2v) is 5.16. The van der Waals surface area contributed by atoms with Crippen LogP contribution in [0.4, 0.5) is 5.69 Å². The lowest BCUT2D eigenvalue weighted by atomic mass is 10.3. The number of allylic oxidation sites excluding steroid dienone is 1. The van der Waals surface area contributed by atoms with Crippen LogP contribution in [0.5, 0.6) is 0 Å². The van der Waals surface area contributed by atoms with Crippen LogP contribution in [-0.4, -0.2) is 5.91 Å². The zero-order chi connectivity index (χ0) is 10.1. The predicted molar refractivity (Wildman–Crippen MR) is 62.6 cm³/mol. The van der Waals surface area contributed by atoms with Crippen LogP contribution in [0.15, 0.2) is 38.5 Å². The summed E-state index contributed by atoms with van der Waals surface area (Å²) in [5.41, 5.74) is 0.889. The molecule has 1 aromatic rings. The highest BCUT2D eigenvalue weighted by molar-refractivity contribution is 9.11. The van der Waals surface area contributed by atoms with Crippen molar-refractivity contribution in [3.63, 3.8) is 0 Å². The van der Waals surface area contributed by atoms with Crippen molar-refractivity contribution in [2.45, 2.75) is 11.8 Å². The largest absolute Gasteiger partial charge is 0.320 e. The predicted octanol–water partition coefficient (Wildman–Crippen LogP) is 3.36. The van der Waals surface area contributed by atoms with Gasteiger partial charge in [-0.3, -0.25) is 4.79 Å². The topological polar surface area (TPSA) is 29.1 Å². The van der Waals surface area contributed by atoms with Crippen LogP contribution < -0.4 is 5.32 Å². The number of hydrogen-bond acceptors (Lipinski definition) is 2. The summed E-state index contributed by atoms with van der Waals surface area (Å²) in [6.45, 7) is 1.87. The molecule has 0 unspecified atom stereocenters. The van der Waals surface area contributed by atoms with Crippen molar-refractivity contribution in [1.82, 2.24) is 0 Å². The van der Waals surface area contributed by atoms with Crippen LogP contribution in [0.3, 0.4) is 0 Å². The van der Waals surface area contributed by atoms with Gasteiger partial charge >= 0.3 is 0 Å².